The van der Waals surface area contributed by atoms with Crippen molar-refractivity contribution in [2.75, 3.05) is 0 Å². The SMILES string of the molecule is Bc1coc([C@H](CC)N=[N+]=[N-])c1. The molecule has 0 radical (unpaired) electrons. The monoisotopic (exact) mass is 163 g/mol. The molecule has 12 heavy (non-hydrogen) atoms. The maximum atomic E-state index is 8.25. The highest BCUT2D eigenvalue weighted by Crippen LogP contribution is 2.20. The summed E-state index contributed by atoms with van der Waals surface area (Å²) in [6.45, 7) is 1.96. The molecule has 1 atom stereocenters. The average molecular weight is 163 g/mol. The summed E-state index contributed by atoms with van der Waals surface area (Å²) in [7, 11) is 1.94. The standard InChI is InChI=1S/C7H10BN3O/c1-2-6(10-11-9)7-3-5(8)4-12-7/h3-4,6H,2,8H2,1H3/t6-/m0/s1. The molecule has 0 aliphatic carbocycles. The summed E-state index contributed by atoms with van der Waals surface area (Å²) in [6, 6.07) is 1.73. The molecule has 0 N–H and O–H groups in total. The van der Waals surface area contributed by atoms with Crippen molar-refractivity contribution in [3.63, 3.8) is 0 Å². The largest absolute Gasteiger partial charge is 0.470 e. The third-order valence-corrected chi connectivity index (χ3v) is 1.66. The highest BCUT2D eigenvalue weighted by Gasteiger charge is 2.09. The highest BCUT2D eigenvalue weighted by atomic mass is 16.3. The van der Waals surface area contributed by atoms with Gasteiger partial charge in [0.15, 0.2) is 0 Å². The minimum atomic E-state index is -0.163. The van der Waals surface area contributed by atoms with E-state index in [-0.39, 0.29) is 6.04 Å². The summed E-state index contributed by atoms with van der Waals surface area (Å²) >= 11 is 0. The van der Waals surface area contributed by atoms with E-state index in [1.807, 2.05) is 20.8 Å². The van der Waals surface area contributed by atoms with Crippen molar-refractivity contribution in [1.29, 1.82) is 0 Å². The topological polar surface area (TPSA) is 61.9 Å². The molecule has 0 fully saturated rings. The van der Waals surface area contributed by atoms with Crippen molar-refractivity contribution >= 4 is 13.3 Å². The van der Waals surface area contributed by atoms with Gasteiger partial charge in [0.2, 0.25) is 0 Å². The van der Waals surface area contributed by atoms with E-state index in [1.54, 1.807) is 6.26 Å². The van der Waals surface area contributed by atoms with Gasteiger partial charge in [-0.15, -0.1) is 0 Å². The van der Waals surface area contributed by atoms with E-state index in [2.05, 4.69) is 10.0 Å². The predicted octanol–water partition coefficient (Wildman–Crippen LogP) is 1.30. The Morgan fingerprint density at radius 1 is 1.83 bits per heavy atom. The predicted molar refractivity (Wildman–Crippen MR) is 49.1 cm³/mol. The van der Waals surface area contributed by atoms with Crippen LogP contribution in [0.2, 0.25) is 0 Å². The molecule has 0 amide bonds. The first kappa shape index (κ1) is 8.75. The van der Waals surface area contributed by atoms with Gasteiger partial charge in [0.25, 0.3) is 0 Å². The molecule has 0 bridgehead atoms. The van der Waals surface area contributed by atoms with Gasteiger partial charge in [0.1, 0.15) is 13.6 Å². The Morgan fingerprint density at radius 2 is 2.58 bits per heavy atom. The molecule has 1 heterocycles. The van der Waals surface area contributed by atoms with Gasteiger partial charge in [-0.3, -0.25) is 0 Å². The van der Waals surface area contributed by atoms with Gasteiger partial charge in [-0.1, -0.05) is 17.5 Å². The Bertz CT molecular complexity index is 303. The first-order chi connectivity index (χ1) is 5.77. The van der Waals surface area contributed by atoms with E-state index in [9.17, 15) is 0 Å². The fourth-order valence-corrected chi connectivity index (χ4v) is 1.03. The molecular weight excluding hydrogens is 153 g/mol. The van der Waals surface area contributed by atoms with Crippen LogP contribution in [0.5, 0.6) is 0 Å². The van der Waals surface area contributed by atoms with Crippen molar-refractivity contribution in [1.82, 2.24) is 0 Å². The smallest absolute Gasteiger partial charge is 0.143 e. The Hall–Kier alpha value is -1.35. The van der Waals surface area contributed by atoms with Gasteiger partial charge in [0, 0.05) is 4.91 Å². The van der Waals surface area contributed by atoms with Crippen LogP contribution >= 0.6 is 0 Å². The molecule has 1 aromatic rings. The molecule has 1 rings (SSSR count). The van der Waals surface area contributed by atoms with Gasteiger partial charge in [0.05, 0.1) is 12.3 Å². The van der Waals surface area contributed by atoms with E-state index in [4.69, 9.17) is 9.95 Å². The molecule has 0 aliphatic rings. The summed E-state index contributed by atoms with van der Waals surface area (Å²) in [6.07, 6.45) is 2.42. The molecular formula is C7H10BN3O. The second kappa shape index (κ2) is 3.88. The minimum absolute atomic E-state index is 0.163. The quantitative estimate of drug-likeness (QED) is 0.286. The van der Waals surface area contributed by atoms with Crippen LogP contribution in [0.3, 0.4) is 0 Å². The van der Waals surface area contributed by atoms with Crippen LogP contribution in [0, 0.1) is 0 Å². The van der Waals surface area contributed by atoms with Crippen LogP contribution < -0.4 is 5.46 Å². The zero-order valence-corrected chi connectivity index (χ0v) is 7.19. The first-order valence-corrected chi connectivity index (χ1v) is 3.87. The van der Waals surface area contributed by atoms with E-state index in [0.29, 0.717) is 0 Å². The number of rotatable bonds is 3. The van der Waals surface area contributed by atoms with Crippen molar-refractivity contribution < 1.29 is 4.42 Å². The van der Waals surface area contributed by atoms with E-state index in [1.165, 1.54) is 0 Å². The van der Waals surface area contributed by atoms with E-state index < -0.39 is 0 Å². The molecule has 62 valence electrons. The summed E-state index contributed by atoms with van der Waals surface area (Å²) in [4.78, 5) is 2.76. The summed E-state index contributed by atoms with van der Waals surface area (Å²) in [5.41, 5.74) is 9.30. The van der Waals surface area contributed by atoms with Crippen LogP contribution in [0.4, 0.5) is 0 Å². The van der Waals surface area contributed by atoms with Crippen molar-refractivity contribution in [3.05, 3.63) is 28.5 Å². The van der Waals surface area contributed by atoms with Gasteiger partial charge in [-0.2, -0.15) is 0 Å². The Balaban J connectivity index is 2.86. The molecule has 0 spiro atoms. The van der Waals surface area contributed by atoms with Gasteiger partial charge < -0.3 is 4.42 Å². The lowest BCUT2D eigenvalue weighted by Gasteiger charge is -2.01. The van der Waals surface area contributed by atoms with Crippen molar-refractivity contribution in [2.24, 2.45) is 5.11 Å². The first-order valence-electron chi connectivity index (χ1n) is 3.87. The van der Waals surface area contributed by atoms with E-state index in [0.717, 1.165) is 17.6 Å². The fourth-order valence-electron chi connectivity index (χ4n) is 1.03. The third-order valence-electron chi connectivity index (χ3n) is 1.66. The maximum Gasteiger partial charge on any atom is 0.143 e. The zero-order valence-electron chi connectivity index (χ0n) is 7.19. The van der Waals surface area contributed by atoms with Crippen LogP contribution in [0.15, 0.2) is 21.9 Å². The van der Waals surface area contributed by atoms with Gasteiger partial charge in [-0.05, 0) is 18.0 Å². The van der Waals surface area contributed by atoms with Crippen LogP contribution in [0.1, 0.15) is 25.1 Å². The molecule has 0 aromatic carbocycles. The van der Waals surface area contributed by atoms with Crippen LogP contribution in [0.25, 0.3) is 10.4 Å². The molecule has 0 aliphatic heterocycles. The Labute approximate surface area is 71.6 Å². The summed E-state index contributed by atoms with van der Waals surface area (Å²) < 4.78 is 5.20. The summed E-state index contributed by atoms with van der Waals surface area (Å²) in [5, 5.41) is 3.61. The van der Waals surface area contributed by atoms with Gasteiger partial charge in [-0.25, -0.2) is 0 Å². The van der Waals surface area contributed by atoms with Crippen molar-refractivity contribution in [3.8, 4) is 0 Å². The normalized spacial score (nSPS) is 12.1. The number of nitrogens with zero attached hydrogens (tertiary/aromatic N) is 3. The molecule has 4 nitrogen and oxygen atoms in total. The third kappa shape index (κ3) is 1.83. The van der Waals surface area contributed by atoms with Crippen molar-refractivity contribution in [2.45, 2.75) is 19.4 Å². The molecule has 1 aromatic heterocycles. The van der Waals surface area contributed by atoms with Crippen LogP contribution in [-0.2, 0) is 0 Å². The number of hydrogen-bond donors (Lipinski definition) is 0. The second-order valence-corrected chi connectivity index (χ2v) is 2.66. The zero-order chi connectivity index (χ0) is 8.97. The average Bonchev–Trinajstić information content (AvgIpc) is 2.47. The Kier molecular flexibility index (Phi) is 2.83. The van der Waals surface area contributed by atoms with Gasteiger partial charge >= 0.3 is 0 Å². The molecule has 0 unspecified atom stereocenters. The number of furan rings is 1. The highest BCUT2D eigenvalue weighted by molar-refractivity contribution is 6.32. The second-order valence-electron chi connectivity index (χ2n) is 2.66. The molecule has 0 saturated heterocycles. The summed E-state index contributed by atoms with van der Waals surface area (Å²) in [5.74, 6) is 0.743. The fraction of sp³-hybridized carbons (Fsp3) is 0.429. The Morgan fingerprint density at radius 3 is 3.00 bits per heavy atom. The lowest BCUT2D eigenvalue weighted by molar-refractivity contribution is 0.460. The molecule has 0 saturated carbocycles. The maximum absolute atomic E-state index is 8.25. The molecule has 5 heteroatoms. The lowest BCUT2D eigenvalue weighted by Crippen LogP contribution is -1.95. The number of azide groups is 1. The van der Waals surface area contributed by atoms with E-state index >= 15 is 0 Å². The lowest BCUT2D eigenvalue weighted by atomic mass is 9.99. The van der Waals surface area contributed by atoms with Crippen LogP contribution in [-0.4, -0.2) is 7.85 Å². The minimum Gasteiger partial charge on any atom is -0.470 e. The number of hydrogen-bond acceptors (Lipinski definition) is 2.